The molecule has 3 N–H and O–H groups in total. The fraction of sp³-hybridized carbons (Fsp3) is 0.583. The van der Waals surface area contributed by atoms with Crippen LogP contribution in [0.3, 0.4) is 0 Å². The lowest BCUT2D eigenvalue weighted by atomic mass is 9.92. The first kappa shape index (κ1) is 12.4. The first-order valence-electron chi connectivity index (χ1n) is 5.88. The number of hydrogen-bond acceptors (Lipinski definition) is 4. The molecule has 0 aromatic carbocycles. The van der Waals surface area contributed by atoms with E-state index in [-0.39, 0.29) is 11.9 Å². The zero-order chi connectivity index (χ0) is 12.3. The average molecular weight is 254 g/mol. The summed E-state index contributed by atoms with van der Waals surface area (Å²) in [6.45, 7) is 0. The maximum absolute atomic E-state index is 11.9. The molecule has 4 nitrogen and oxygen atoms in total. The second kappa shape index (κ2) is 5.51. The molecule has 2 rings (SSSR count). The Hall–Kier alpha value is -1.07. The third-order valence-corrected chi connectivity index (χ3v) is 4.05. The molecule has 1 fully saturated rings. The van der Waals surface area contributed by atoms with E-state index in [4.69, 9.17) is 10.5 Å². The van der Waals surface area contributed by atoms with Crippen molar-refractivity contribution in [2.75, 3.05) is 7.11 Å². The average Bonchev–Trinajstić information content (AvgIpc) is 2.81. The third-order valence-electron chi connectivity index (χ3n) is 3.14. The van der Waals surface area contributed by atoms with Crippen molar-refractivity contribution < 1.29 is 9.53 Å². The number of hydrogen-bond donors (Lipinski definition) is 2. The maximum Gasteiger partial charge on any atom is 0.261 e. The minimum atomic E-state index is -0.00114. The summed E-state index contributed by atoms with van der Waals surface area (Å²) in [6, 6.07) is 2.36. The number of amides is 1. The van der Waals surface area contributed by atoms with Gasteiger partial charge in [-0.25, -0.2) is 0 Å². The smallest absolute Gasteiger partial charge is 0.261 e. The Morgan fingerprint density at radius 3 is 2.76 bits per heavy atom. The third kappa shape index (κ3) is 3.20. The number of ether oxygens (including phenoxy) is 1. The molecule has 1 aliphatic carbocycles. The van der Waals surface area contributed by atoms with Crippen molar-refractivity contribution in [2.24, 2.45) is 5.73 Å². The van der Waals surface area contributed by atoms with Gasteiger partial charge in [0.25, 0.3) is 5.91 Å². The van der Waals surface area contributed by atoms with Crippen LogP contribution in [0.15, 0.2) is 11.4 Å². The number of carbonyl (C=O) groups excluding carboxylic acids is 1. The van der Waals surface area contributed by atoms with Gasteiger partial charge < -0.3 is 15.8 Å². The van der Waals surface area contributed by atoms with Gasteiger partial charge in [-0.2, -0.15) is 0 Å². The van der Waals surface area contributed by atoms with Crippen LogP contribution in [0, 0.1) is 0 Å². The van der Waals surface area contributed by atoms with E-state index in [2.05, 4.69) is 5.32 Å². The first-order chi connectivity index (χ1) is 8.19. The van der Waals surface area contributed by atoms with Crippen LogP contribution < -0.4 is 15.8 Å². The van der Waals surface area contributed by atoms with Crippen LogP contribution in [0.2, 0.25) is 0 Å². The summed E-state index contributed by atoms with van der Waals surface area (Å²) in [5, 5.41) is 4.89. The number of methoxy groups -OCH3 is 1. The maximum atomic E-state index is 11.9. The second-order valence-electron chi connectivity index (χ2n) is 4.44. The van der Waals surface area contributed by atoms with Crippen LogP contribution in [-0.2, 0) is 0 Å². The molecule has 1 heterocycles. The van der Waals surface area contributed by atoms with Crippen LogP contribution in [0.5, 0.6) is 5.75 Å². The summed E-state index contributed by atoms with van der Waals surface area (Å²) < 4.78 is 5.06. The van der Waals surface area contributed by atoms with Gasteiger partial charge in [-0.15, -0.1) is 11.3 Å². The Labute approximate surface area is 105 Å². The van der Waals surface area contributed by atoms with Crippen molar-refractivity contribution in [3.63, 3.8) is 0 Å². The second-order valence-corrected chi connectivity index (χ2v) is 5.35. The van der Waals surface area contributed by atoms with Crippen LogP contribution in [0.4, 0.5) is 0 Å². The normalized spacial score (nSPS) is 24.4. The summed E-state index contributed by atoms with van der Waals surface area (Å²) in [6.07, 6.45) is 3.96. The number of nitrogens with two attached hydrogens (primary N) is 1. The van der Waals surface area contributed by atoms with E-state index in [1.165, 1.54) is 11.3 Å². The lowest BCUT2D eigenvalue weighted by Gasteiger charge is -2.26. The molecule has 5 heteroatoms. The van der Waals surface area contributed by atoms with Crippen molar-refractivity contribution in [3.8, 4) is 5.75 Å². The van der Waals surface area contributed by atoms with Gasteiger partial charge in [-0.1, -0.05) is 0 Å². The summed E-state index contributed by atoms with van der Waals surface area (Å²) in [4.78, 5) is 12.6. The Morgan fingerprint density at radius 1 is 1.47 bits per heavy atom. The van der Waals surface area contributed by atoms with Crippen LogP contribution in [-0.4, -0.2) is 25.1 Å². The van der Waals surface area contributed by atoms with Crippen molar-refractivity contribution in [3.05, 3.63) is 16.3 Å². The van der Waals surface area contributed by atoms with Crippen molar-refractivity contribution in [2.45, 2.75) is 37.8 Å². The highest BCUT2D eigenvalue weighted by Gasteiger charge is 2.21. The molecule has 0 aliphatic heterocycles. The molecule has 1 aromatic rings. The minimum absolute atomic E-state index is 0.00114. The Balaban J connectivity index is 1.88. The Morgan fingerprint density at radius 2 is 2.18 bits per heavy atom. The molecule has 94 valence electrons. The van der Waals surface area contributed by atoms with E-state index in [9.17, 15) is 4.79 Å². The van der Waals surface area contributed by atoms with Crippen LogP contribution in [0.1, 0.15) is 35.4 Å². The zero-order valence-electron chi connectivity index (χ0n) is 9.94. The topological polar surface area (TPSA) is 64.3 Å². The molecule has 1 aromatic heterocycles. The molecule has 1 aliphatic rings. The largest absolute Gasteiger partial charge is 0.496 e. The molecule has 0 unspecified atom stereocenters. The summed E-state index contributed by atoms with van der Waals surface area (Å²) in [7, 11) is 1.60. The molecule has 0 spiro atoms. The molecule has 1 saturated carbocycles. The van der Waals surface area contributed by atoms with Crippen LogP contribution in [0.25, 0.3) is 0 Å². The van der Waals surface area contributed by atoms with Gasteiger partial charge in [0.1, 0.15) is 5.75 Å². The van der Waals surface area contributed by atoms with Crippen molar-refractivity contribution in [1.82, 2.24) is 5.32 Å². The first-order valence-corrected chi connectivity index (χ1v) is 6.76. The SMILES string of the molecule is COc1csc(C(=O)NC2CCC(N)CC2)c1. The number of nitrogens with one attached hydrogen (secondary N) is 1. The highest BCUT2D eigenvalue weighted by molar-refractivity contribution is 7.12. The van der Waals surface area contributed by atoms with Gasteiger partial charge in [0, 0.05) is 23.5 Å². The predicted molar refractivity (Wildman–Crippen MR) is 68.6 cm³/mol. The summed E-state index contributed by atoms with van der Waals surface area (Å²) in [5.74, 6) is 0.740. The van der Waals surface area contributed by atoms with Gasteiger partial charge in [0.05, 0.1) is 12.0 Å². The van der Waals surface area contributed by atoms with Gasteiger partial charge in [-0.3, -0.25) is 4.79 Å². The van der Waals surface area contributed by atoms with Gasteiger partial charge >= 0.3 is 0 Å². The van der Waals surface area contributed by atoms with Crippen molar-refractivity contribution in [1.29, 1.82) is 0 Å². The summed E-state index contributed by atoms with van der Waals surface area (Å²) in [5.41, 5.74) is 5.83. The molecule has 0 atom stereocenters. The standard InChI is InChI=1S/C12H18N2O2S/c1-16-10-6-11(17-7-10)12(15)14-9-4-2-8(13)3-5-9/h6-9H,2-5,13H2,1H3,(H,14,15). The van der Waals surface area contributed by atoms with Gasteiger partial charge in [0.2, 0.25) is 0 Å². The van der Waals surface area contributed by atoms with Crippen molar-refractivity contribution >= 4 is 17.2 Å². The fourth-order valence-corrected chi connectivity index (χ4v) is 2.82. The number of thiophene rings is 1. The van der Waals surface area contributed by atoms with Crippen LogP contribution >= 0.6 is 11.3 Å². The lowest BCUT2D eigenvalue weighted by molar-refractivity contribution is 0.0930. The number of rotatable bonds is 3. The van der Waals surface area contributed by atoms with E-state index < -0.39 is 0 Å². The molecule has 17 heavy (non-hydrogen) atoms. The van der Waals surface area contributed by atoms with E-state index in [1.54, 1.807) is 13.2 Å². The molecule has 0 bridgehead atoms. The fourth-order valence-electron chi connectivity index (χ4n) is 2.06. The quantitative estimate of drug-likeness (QED) is 0.864. The molecule has 0 radical (unpaired) electrons. The highest BCUT2D eigenvalue weighted by Crippen LogP contribution is 2.22. The van der Waals surface area contributed by atoms with E-state index in [0.717, 1.165) is 31.4 Å². The number of carbonyl (C=O) groups is 1. The van der Waals surface area contributed by atoms with E-state index in [0.29, 0.717) is 10.9 Å². The molecular formula is C12H18N2O2S. The molecule has 1 amide bonds. The monoisotopic (exact) mass is 254 g/mol. The lowest BCUT2D eigenvalue weighted by Crippen LogP contribution is -2.40. The molecule has 0 saturated heterocycles. The predicted octanol–water partition coefficient (Wildman–Crippen LogP) is 1.76. The Bertz CT molecular complexity index is 384. The van der Waals surface area contributed by atoms with E-state index >= 15 is 0 Å². The zero-order valence-corrected chi connectivity index (χ0v) is 10.8. The van der Waals surface area contributed by atoms with Gasteiger partial charge in [0.15, 0.2) is 0 Å². The molecular weight excluding hydrogens is 236 g/mol. The minimum Gasteiger partial charge on any atom is -0.496 e. The highest BCUT2D eigenvalue weighted by atomic mass is 32.1. The van der Waals surface area contributed by atoms with Gasteiger partial charge in [-0.05, 0) is 25.7 Å². The Kier molecular flexibility index (Phi) is 4.02. The van der Waals surface area contributed by atoms with E-state index in [1.807, 2.05) is 5.38 Å². The summed E-state index contributed by atoms with van der Waals surface area (Å²) >= 11 is 1.41.